The molecular weight excluding hydrogens is 252 g/mol. The standard InChI is InChI=1S/C16H22N2O2/c1-12-8-14(20-16(12)9-17)11-18(2)10-13-6-4-5-7-15(13)19-3/h4-8H,9-11,17H2,1-3H3. The second-order valence-corrected chi connectivity index (χ2v) is 5.01. The Morgan fingerprint density at radius 2 is 2.00 bits per heavy atom. The summed E-state index contributed by atoms with van der Waals surface area (Å²) < 4.78 is 11.1. The van der Waals surface area contributed by atoms with E-state index in [-0.39, 0.29) is 0 Å². The van der Waals surface area contributed by atoms with Crippen LogP contribution >= 0.6 is 0 Å². The number of hydrogen-bond acceptors (Lipinski definition) is 4. The first-order valence-corrected chi connectivity index (χ1v) is 6.72. The Morgan fingerprint density at radius 1 is 1.25 bits per heavy atom. The number of furan rings is 1. The first-order valence-electron chi connectivity index (χ1n) is 6.72. The molecule has 0 amide bonds. The first-order chi connectivity index (χ1) is 9.63. The van der Waals surface area contributed by atoms with Gasteiger partial charge in [0, 0.05) is 12.1 Å². The first kappa shape index (κ1) is 14.6. The van der Waals surface area contributed by atoms with E-state index in [9.17, 15) is 0 Å². The molecule has 0 unspecified atom stereocenters. The van der Waals surface area contributed by atoms with E-state index in [4.69, 9.17) is 14.9 Å². The molecule has 0 bridgehead atoms. The van der Waals surface area contributed by atoms with Crippen molar-refractivity contribution in [1.82, 2.24) is 4.90 Å². The van der Waals surface area contributed by atoms with Crippen molar-refractivity contribution in [3.05, 3.63) is 53.0 Å². The number of hydrogen-bond donors (Lipinski definition) is 1. The summed E-state index contributed by atoms with van der Waals surface area (Å²) in [6, 6.07) is 10.1. The quantitative estimate of drug-likeness (QED) is 0.880. The van der Waals surface area contributed by atoms with Crippen molar-refractivity contribution in [3.8, 4) is 5.75 Å². The molecule has 2 rings (SSSR count). The minimum Gasteiger partial charge on any atom is -0.496 e. The second kappa shape index (κ2) is 6.59. The third kappa shape index (κ3) is 3.40. The maximum atomic E-state index is 5.73. The van der Waals surface area contributed by atoms with Crippen molar-refractivity contribution in [2.24, 2.45) is 5.73 Å². The van der Waals surface area contributed by atoms with E-state index in [1.54, 1.807) is 7.11 Å². The lowest BCUT2D eigenvalue weighted by Gasteiger charge is -2.17. The average molecular weight is 274 g/mol. The zero-order valence-corrected chi connectivity index (χ0v) is 12.3. The highest BCUT2D eigenvalue weighted by molar-refractivity contribution is 5.33. The van der Waals surface area contributed by atoms with Crippen molar-refractivity contribution in [2.75, 3.05) is 14.2 Å². The van der Waals surface area contributed by atoms with Crippen molar-refractivity contribution < 1.29 is 9.15 Å². The minimum absolute atomic E-state index is 0.446. The molecule has 0 fully saturated rings. The lowest BCUT2D eigenvalue weighted by Crippen LogP contribution is -2.17. The summed E-state index contributed by atoms with van der Waals surface area (Å²) in [7, 11) is 3.76. The summed E-state index contributed by atoms with van der Waals surface area (Å²) in [6.45, 7) is 4.03. The molecule has 0 saturated heterocycles. The van der Waals surface area contributed by atoms with Crippen LogP contribution in [0.5, 0.6) is 5.75 Å². The summed E-state index contributed by atoms with van der Waals surface area (Å²) in [5.41, 5.74) is 7.92. The molecule has 4 nitrogen and oxygen atoms in total. The zero-order valence-electron chi connectivity index (χ0n) is 12.3. The van der Waals surface area contributed by atoms with Crippen molar-refractivity contribution in [3.63, 3.8) is 0 Å². The van der Waals surface area contributed by atoms with Crippen molar-refractivity contribution in [2.45, 2.75) is 26.6 Å². The molecule has 0 saturated carbocycles. The molecule has 1 aromatic carbocycles. The van der Waals surface area contributed by atoms with Crippen molar-refractivity contribution >= 4 is 0 Å². The van der Waals surface area contributed by atoms with Gasteiger partial charge in [-0.05, 0) is 31.7 Å². The van der Waals surface area contributed by atoms with Gasteiger partial charge in [0.25, 0.3) is 0 Å². The van der Waals surface area contributed by atoms with E-state index in [1.165, 1.54) is 5.56 Å². The summed E-state index contributed by atoms with van der Waals surface area (Å²) in [5.74, 6) is 2.73. The van der Waals surface area contributed by atoms with Crippen LogP contribution < -0.4 is 10.5 Å². The van der Waals surface area contributed by atoms with Crippen LogP contribution in [0.4, 0.5) is 0 Å². The van der Waals surface area contributed by atoms with E-state index in [2.05, 4.69) is 24.1 Å². The molecule has 0 aliphatic carbocycles. The largest absolute Gasteiger partial charge is 0.496 e. The predicted molar refractivity (Wildman–Crippen MR) is 79.5 cm³/mol. The Kier molecular flexibility index (Phi) is 4.82. The van der Waals surface area contributed by atoms with Gasteiger partial charge in [-0.1, -0.05) is 18.2 Å². The highest BCUT2D eigenvalue weighted by Crippen LogP contribution is 2.20. The van der Waals surface area contributed by atoms with Crippen LogP contribution in [-0.2, 0) is 19.6 Å². The van der Waals surface area contributed by atoms with Gasteiger partial charge in [0.1, 0.15) is 17.3 Å². The smallest absolute Gasteiger partial charge is 0.123 e. The molecule has 4 heteroatoms. The monoisotopic (exact) mass is 274 g/mol. The summed E-state index contributed by atoms with van der Waals surface area (Å²) in [6.07, 6.45) is 0. The molecule has 2 aromatic rings. The van der Waals surface area contributed by atoms with Gasteiger partial charge in [0.2, 0.25) is 0 Å². The van der Waals surface area contributed by atoms with Gasteiger partial charge >= 0.3 is 0 Å². The molecule has 0 aliphatic heterocycles. The summed E-state index contributed by atoms with van der Waals surface area (Å²) >= 11 is 0. The van der Waals surface area contributed by atoms with Crippen LogP contribution in [0.1, 0.15) is 22.6 Å². The fraction of sp³-hybridized carbons (Fsp3) is 0.375. The molecule has 0 atom stereocenters. The zero-order chi connectivity index (χ0) is 14.5. The molecule has 0 radical (unpaired) electrons. The van der Waals surface area contributed by atoms with Gasteiger partial charge in [-0.15, -0.1) is 0 Å². The lowest BCUT2D eigenvalue weighted by atomic mass is 10.2. The lowest BCUT2D eigenvalue weighted by molar-refractivity contribution is 0.278. The van der Waals surface area contributed by atoms with Crippen molar-refractivity contribution in [1.29, 1.82) is 0 Å². The number of nitrogens with two attached hydrogens (primary N) is 1. The van der Waals surface area contributed by atoms with Gasteiger partial charge in [0.15, 0.2) is 0 Å². The molecule has 108 valence electrons. The fourth-order valence-electron chi connectivity index (χ4n) is 2.32. The number of aryl methyl sites for hydroxylation is 1. The Bertz CT molecular complexity index is 563. The Balaban J connectivity index is 2.03. The minimum atomic E-state index is 0.446. The van der Waals surface area contributed by atoms with Crippen LogP contribution in [0.25, 0.3) is 0 Å². The second-order valence-electron chi connectivity index (χ2n) is 5.01. The third-order valence-corrected chi connectivity index (χ3v) is 3.32. The van der Waals surface area contributed by atoms with E-state index >= 15 is 0 Å². The highest BCUT2D eigenvalue weighted by atomic mass is 16.5. The molecular formula is C16H22N2O2. The van der Waals surface area contributed by atoms with Crippen LogP contribution in [0.2, 0.25) is 0 Å². The topological polar surface area (TPSA) is 51.6 Å². The Morgan fingerprint density at radius 3 is 2.65 bits per heavy atom. The number of para-hydroxylation sites is 1. The number of nitrogens with zero attached hydrogens (tertiary/aromatic N) is 1. The molecule has 0 spiro atoms. The van der Waals surface area contributed by atoms with Crippen LogP contribution in [0, 0.1) is 6.92 Å². The van der Waals surface area contributed by atoms with E-state index in [1.807, 2.05) is 25.1 Å². The molecule has 20 heavy (non-hydrogen) atoms. The van der Waals surface area contributed by atoms with E-state index in [0.29, 0.717) is 6.54 Å². The molecule has 0 aliphatic rings. The number of rotatable bonds is 6. The maximum Gasteiger partial charge on any atom is 0.123 e. The van der Waals surface area contributed by atoms with E-state index in [0.717, 1.165) is 35.9 Å². The average Bonchev–Trinajstić information content (AvgIpc) is 2.79. The van der Waals surface area contributed by atoms with Crippen LogP contribution in [0.15, 0.2) is 34.7 Å². The SMILES string of the molecule is COc1ccccc1CN(C)Cc1cc(C)c(CN)o1. The van der Waals surface area contributed by atoms with Gasteiger partial charge < -0.3 is 14.9 Å². The summed E-state index contributed by atoms with van der Waals surface area (Å²) in [5, 5.41) is 0. The van der Waals surface area contributed by atoms with Gasteiger partial charge in [0.05, 0.1) is 20.2 Å². The Labute approximate surface area is 120 Å². The Hall–Kier alpha value is -1.78. The van der Waals surface area contributed by atoms with Gasteiger partial charge in [-0.2, -0.15) is 0 Å². The maximum absolute atomic E-state index is 5.73. The normalized spacial score (nSPS) is 11.1. The summed E-state index contributed by atoms with van der Waals surface area (Å²) in [4.78, 5) is 2.19. The predicted octanol–water partition coefficient (Wildman–Crippen LogP) is 2.69. The van der Waals surface area contributed by atoms with Gasteiger partial charge in [-0.3, -0.25) is 4.90 Å². The van der Waals surface area contributed by atoms with Crippen LogP contribution in [0.3, 0.4) is 0 Å². The molecule has 1 aromatic heterocycles. The highest BCUT2D eigenvalue weighted by Gasteiger charge is 2.10. The number of methoxy groups -OCH3 is 1. The third-order valence-electron chi connectivity index (χ3n) is 3.32. The molecule has 1 heterocycles. The number of ether oxygens (including phenoxy) is 1. The van der Waals surface area contributed by atoms with E-state index < -0.39 is 0 Å². The fourth-order valence-corrected chi connectivity index (χ4v) is 2.32. The van der Waals surface area contributed by atoms with Gasteiger partial charge in [-0.25, -0.2) is 0 Å². The number of benzene rings is 1. The van der Waals surface area contributed by atoms with Crippen LogP contribution in [-0.4, -0.2) is 19.1 Å². The molecule has 2 N–H and O–H groups in total.